The van der Waals surface area contributed by atoms with Crippen molar-refractivity contribution in [3.05, 3.63) is 29.8 Å². The highest BCUT2D eigenvalue weighted by Gasteiger charge is 2.06. The maximum atomic E-state index is 9.00. The van der Waals surface area contributed by atoms with E-state index in [1.54, 1.807) is 0 Å². The molecule has 37 heavy (non-hydrogen) atoms. The molecule has 214 valence electrons. The average molecular weight is 532 g/mol. The second-order valence-electron chi connectivity index (χ2n) is 7.66. The lowest BCUT2D eigenvalue weighted by atomic mass is 10.1. The Morgan fingerprint density at radius 2 is 0.973 bits per heavy atom. The van der Waals surface area contributed by atoms with Crippen molar-refractivity contribution >= 4 is 29.6 Å². The van der Waals surface area contributed by atoms with Gasteiger partial charge >= 0.3 is 0 Å². The molecule has 13 heteroatoms. The number of hydrogen-bond donors (Lipinski definition) is 8. The SMILES string of the molecule is CC(=O)O.CC(=O)O.CC(=O)O.CC(=O)O.Nc1ccc(CCN2CCNCCNCCNCC2)cc1. The topological polar surface area (TPSA) is 215 Å². The molecule has 1 saturated heterocycles. The van der Waals surface area contributed by atoms with Crippen LogP contribution in [0.5, 0.6) is 0 Å². The molecule has 1 aromatic rings. The maximum absolute atomic E-state index is 9.00. The number of carbonyl (C=O) groups is 4. The minimum absolute atomic E-state index is 0.833. The number of aliphatic carboxylic acids is 4. The lowest BCUT2D eigenvalue weighted by Gasteiger charge is -2.23. The van der Waals surface area contributed by atoms with Gasteiger partial charge in [0, 0.05) is 92.3 Å². The number of carboxylic acids is 4. The number of nitrogens with zero attached hydrogens (tertiary/aromatic N) is 1. The van der Waals surface area contributed by atoms with Gasteiger partial charge in [0.25, 0.3) is 23.9 Å². The highest BCUT2D eigenvalue weighted by molar-refractivity contribution is 5.63. The molecule has 0 amide bonds. The minimum Gasteiger partial charge on any atom is -0.481 e. The van der Waals surface area contributed by atoms with Gasteiger partial charge in [-0.15, -0.1) is 0 Å². The molecule has 1 aliphatic heterocycles. The van der Waals surface area contributed by atoms with Gasteiger partial charge in [0.05, 0.1) is 0 Å². The van der Waals surface area contributed by atoms with Crippen LogP contribution in [-0.2, 0) is 25.6 Å². The fourth-order valence-corrected chi connectivity index (χ4v) is 2.51. The van der Waals surface area contributed by atoms with Crippen molar-refractivity contribution in [2.75, 3.05) is 64.6 Å². The molecular formula is C24H45N5O8. The van der Waals surface area contributed by atoms with E-state index in [0.717, 1.165) is 98.7 Å². The summed E-state index contributed by atoms with van der Waals surface area (Å²) in [5.41, 5.74) is 7.93. The van der Waals surface area contributed by atoms with Gasteiger partial charge in [-0.2, -0.15) is 0 Å². The predicted molar refractivity (Wildman–Crippen MR) is 143 cm³/mol. The molecule has 0 saturated carbocycles. The molecule has 0 aliphatic carbocycles. The number of hydrogen-bond acceptors (Lipinski definition) is 9. The smallest absolute Gasteiger partial charge is 0.300 e. The molecule has 0 unspecified atom stereocenters. The van der Waals surface area contributed by atoms with Crippen LogP contribution >= 0.6 is 0 Å². The molecule has 1 aromatic carbocycles. The molecule has 0 bridgehead atoms. The predicted octanol–water partition coefficient (Wildman–Crippen LogP) is 0.259. The third kappa shape index (κ3) is 46.7. The molecule has 1 heterocycles. The van der Waals surface area contributed by atoms with Crippen LogP contribution in [0.2, 0.25) is 0 Å². The minimum atomic E-state index is -0.833. The first-order valence-electron chi connectivity index (χ1n) is 11.7. The Morgan fingerprint density at radius 1 is 0.676 bits per heavy atom. The Bertz CT molecular complexity index is 656. The fourth-order valence-electron chi connectivity index (χ4n) is 2.51. The van der Waals surface area contributed by atoms with Gasteiger partial charge in [0.15, 0.2) is 0 Å². The molecule has 13 nitrogen and oxygen atoms in total. The Balaban J connectivity index is -0.000000591. The van der Waals surface area contributed by atoms with Gasteiger partial charge < -0.3 is 47.0 Å². The quantitative estimate of drug-likeness (QED) is 0.246. The third-order valence-electron chi connectivity index (χ3n) is 3.86. The normalized spacial score (nSPS) is 13.8. The summed E-state index contributed by atoms with van der Waals surface area (Å²) in [5.74, 6) is -3.33. The van der Waals surface area contributed by atoms with E-state index in [2.05, 4.69) is 33.0 Å². The Kier molecular flexibility index (Phi) is 28.3. The summed E-state index contributed by atoms with van der Waals surface area (Å²) in [7, 11) is 0. The molecule has 1 aliphatic rings. The Hall–Kier alpha value is -3.26. The van der Waals surface area contributed by atoms with Gasteiger partial charge in [-0.05, 0) is 24.1 Å². The number of nitrogens with one attached hydrogen (secondary N) is 3. The number of carboxylic acid groups (broad SMARTS) is 4. The van der Waals surface area contributed by atoms with E-state index in [0.29, 0.717) is 0 Å². The summed E-state index contributed by atoms with van der Waals surface area (Å²) in [4.78, 5) is 38.5. The zero-order valence-corrected chi connectivity index (χ0v) is 22.3. The zero-order chi connectivity index (χ0) is 29.1. The first kappa shape index (κ1) is 38.3. The first-order chi connectivity index (χ1) is 17.3. The van der Waals surface area contributed by atoms with E-state index in [9.17, 15) is 0 Å². The zero-order valence-electron chi connectivity index (χ0n) is 22.3. The number of anilines is 1. The van der Waals surface area contributed by atoms with Gasteiger partial charge in [0.2, 0.25) is 0 Å². The van der Waals surface area contributed by atoms with Crippen LogP contribution in [0.15, 0.2) is 24.3 Å². The van der Waals surface area contributed by atoms with Gasteiger partial charge in [-0.25, -0.2) is 0 Å². The van der Waals surface area contributed by atoms with Crippen LogP contribution in [-0.4, -0.2) is 108 Å². The molecule has 2 rings (SSSR count). The summed E-state index contributed by atoms with van der Waals surface area (Å²) in [6, 6.07) is 8.24. The third-order valence-corrected chi connectivity index (χ3v) is 3.86. The van der Waals surface area contributed by atoms with Crippen molar-refractivity contribution in [1.29, 1.82) is 0 Å². The van der Waals surface area contributed by atoms with E-state index in [1.807, 2.05) is 12.1 Å². The fraction of sp³-hybridized carbons (Fsp3) is 0.583. The molecule has 0 radical (unpaired) electrons. The van der Waals surface area contributed by atoms with Crippen LogP contribution in [0.4, 0.5) is 5.69 Å². The monoisotopic (exact) mass is 531 g/mol. The van der Waals surface area contributed by atoms with Crippen molar-refractivity contribution in [2.24, 2.45) is 0 Å². The molecular weight excluding hydrogens is 486 g/mol. The number of nitrogen functional groups attached to an aromatic ring is 1. The molecule has 1 fully saturated rings. The molecule has 0 aromatic heterocycles. The van der Waals surface area contributed by atoms with Crippen molar-refractivity contribution < 1.29 is 39.6 Å². The lowest BCUT2D eigenvalue weighted by Crippen LogP contribution is -2.42. The van der Waals surface area contributed by atoms with Crippen LogP contribution in [0.25, 0.3) is 0 Å². The highest BCUT2D eigenvalue weighted by Crippen LogP contribution is 2.06. The highest BCUT2D eigenvalue weighted by atomic mass is 16.4. The van der Waals surface area contributed by atoms with Crippen LogP contribution < -0.4 is 21.7 Å². The van der Waals surface area contributed by atoms with E-state index in [4.69, 9.17) is 45.3 Å². The second kappa shape index (κ2) is 27.3. The average Bonchev–Trinajstić information content (AvgIpc) is 2.73. The Labute approximate surface area is 219 Å². The van der Waals surface area contributed by atoms with Crippen molar-refractivity contribution in [2.45, 2.75) is 34.1 Å². The molecule has 0 atom stereocenters. The number of rotatable bonds is 3. The van der Waals surface area contributed by atoms with Crippen molar-refractivity contribution in [3.63, 3.8) is 0 Å². The molecule has 9 N–H and O–H groups in total. The standard InChI is InChI=1S/C16H29N5.4C2H4O2/c17-16-3-1-15(2-4-16)5-12-21-13-10-19-8-6-18-7-9-20-11-14-21;4*1-2(3)4/h1-4,18-20H,5-14,17H2;4*1H3,(H,3,4). The maximum Gasteiger partial charge on any atom is 0.300 e. The largest absolute Gasteiger partial charge is 0.481 e. The number of benzene rings is 1. The van der Waals surface area contributed by atoms with Gasteiger partial charge in [-0.1, -0.05) is 12.1 Å². The van der Waals surface area contributed by atoms with Crippen LogP contribution in [0.1, 0.15) is 33.3 Å². The lowest BCUT2D eigenvalue weighted by molar-refractivity contribution is -0.135. The van der Waals surface area contributed by atoms with Gasteiger partial charge in [-0.3, -0.25) is 19.2 Å². The Morgan fingerprint density at radius 3 is 1.30 bits per heavy atom. The second-order valence-corrected chi connectivity index (χ2v) is 7.66. The summed E-state index contributed by atoms with van der Waals surface area (Å²) in [5, 5.41) is 40.1. The molecule has 0 spiro atoms. The number of nitrogens with two attached hydrogens (primary N) is 1. The van der Waals surface area contributed by atoms with Crippen molar-refractivity contribution in [3.8, 4) is 0 Å². The first-order valence-corrected chi connectivity index (χ1v) is 11.7. The van der Waals surface area contributed by atoms with Crippen LogP contribution in [0, 0.1) is 0 Å². The van der Waals surface area contributed by atoms with Gasteiger partial charge in [0.1, 0.15) is 0 Å². The van der Waals surface area contributed by atoms with E-state index in [1.165, 1.54) is 5.56 Å². The summed E-state index contributed by atoms with van der Waals surface area (Å²) < 4.78 is 0. The van der Waals surface area contributed by atoms with E-state index < -0.39 is 23.9 Å². The van der Waals surface area contributed by atoms with Crippen molar-refractivity contribution in [1.82, 2.24) is 20.9 Å². The van der Waals surface area contributed by atoms with Crippen LogP contribution in [0.3, 0.4) is 0 Å². The van der Waals surface area contributed by atoms with E-state index in [-0.39, 0.29) is 0 Å². The summed E-state index contributed by atoms with van der Waals surface area (Å²) in [6.45, 7) is 14.0. The summed E-state index contributed by atoms with van der Waals surface area (Å²) >= 11 is 0. The van der Waals surface area contributed by atoms with E-state index >= 15 is 0 Å². The summed E-state index contributed by atoms with van der Waals surface area (Å²) in [6.07, 6.45) is 1.09.